The molecule has 1 aromatic heterocycles. The summed E-state index contributed by atoms with van der Waals surface area (Å²) in [5, 5.41) is 16.3. The number of benzene rings is 3. The van der Waals surface area contributed by atoms with Gasteiger partial charge in [0.05, 0.1) is 12.1 Å². The molecule has 4 aliphatic heterocycles. The normalized spacial score (nSPS) is 25.8. The number of phenols is 1. The van der Waals surface area contributed by atoms with Crippen LogP contribution in [0.15, 0.2) is 48.5 Å². The van der Waals surface area contributed by atoms with Crippen LogP contribution in [-0.2, 0) is 0 Å². The van der Waals surface area contributed by atoms with Crippen LogP contribution in [0.2, 0.25) is 0 Å². The van der Waals surface area contributed by atoms with E-state index in [1.54, 1.807) is 18.2 Å². The van der Waals surface area contributed by atoms with Crippen LogP contribution in [0.5, 0.6) is 11.8 Å². The lowest BCUT2D eigenvalue weighted by atomic mass is 9.94. The van der Waals surface area contributed by atoms with Gasteiger partial charge in [0.15, 0.2) is 5.82 Å². The number of carbonyl (C=O) groups is 1. The van der Waals surface area contributed by atoms with Crippen LogP contribution in [0.3, 0.4) is 0 Å². The summed E-state index contributed by atoms with van der Waals surface area (Å²) in [6, 6.07) is 16.1. The van der Waals surface area contributed by atoms with Gasteiger partial charge in [-0.3, -0.25) is 4.90 Å². The first-order valence-corrected chi connectivity index (χ1v) is 19.5. The van der Waals surface area contributed by atoms with Crippen molar-refractivity contribution in [2.24, 2.45) is 0 Å². The van der Waals surface area contributed by atoms with Gasteiger partial charge >= 0.3 is 12.0 Å². The van der Waals surface area contributed by atoms with Gasteiger partial charge < -0.3 is 29.9 Å². The molecular weight excluding hydrogens is 657 g/mol. The zero-order chi connectivity index (χ0) is 35.3. The number of fused-ring (bicyclic) bond motifs is 4. The quantitative estimate of drug-likeness (QED) is 0.224. The lowest BCUT2D eigenvalue weighted by molar-refractivity contribution is 0.155. The van der Waals surface area contributed by atoms with E-state index in [9.17, 15) is 9.90 Å². The van der Waals surface area contributed by atoms with Crippen molar-refractivity contribution in [2.45, 2.75) is 94.4 Å². The van der Waals surface area contributed by atoms with Crippen molar-refractivity contribution in [2.75, 3.05) is 51.3 Å². The summed E-state index contributed by atoms with van der Waals surface area (Å²) in [5.74, 6) is 0.245. The molecule has 2 amide bonds. The van der Waals surface area contributed by atoms with Crippen molar-refractivity contribution < 1.29 is 19.0 Å². The van der Waals surface area contributed by atoms with Crippen LogP contribution in [0.4, 0.5) is 15.0 Å². The van der Waals surface area contributed by atoms with Crippen LogP contribution in [0.1, 0.15) is 64.2 Å². The van der Waals surface area contributed by atoms with Gasteiger partial charge in [-0.15, -0.1) is 0 Å². The van der Waals surface area contributed by atoms with E-state index in [1.807, 2.05) is 30.3 Å². The largest absolute Gasteiger partial charge is 0.508 e. The first-order chi connectivity index (χ1) is 25.4. The predicted molar refractivity (Wildman–Crippen MR) is 201 cm³/mol. The van der Waals surface area contributed by atoms with Crippen LogP contribution >= 0.6 is 0 Å². The lowest BCUT2D eigenvalue weighted by Gasteiger charge is -2.42. The Labute approximate surface area is 304 Å². The molecule has 1 aliphatic carbocycles. The van der Waals surface area contributed by atoms with Crippen LogP contribution in [0.25, 0.3) is 32.8 Å². The molecule has 10 nitrogen and oxygen atoms in total. The molecule has 5 heterocycles. The molecule has 2 bridgehead atoms. The second kappa shape index (κ2) is 14.0. The van der Waals surface area contributed by atoms with Gasteiger partial charge in [-0.05, 0) is 93.1 Å². The Bertz CT molecular complexity index is 1960. The molecule has 274 valence electrons. The molecule has 4 atom stereocenters. The highest BCUT2D eigenvalue weighted by atomic mass is 19.1. The first-order valence-electron chi connectivity index (χ1n) is 19.5. The van der Waals surface area contributed by atoms with Crippen molar-refractivity contribution in [1.82, 2.24) is 30.0 Å². The molecule has 4 aromatic rings. The smallest absolute Gasteiger partial charge is 0.319 e. The van der Waals surface area contributed by atoms with E-state index in [0.29, 0.717) is 48.1 Å². The number of amides is 2. The number of hydrogen-bond donors (Lipinski definition) is 2. The maximum Gasteiger partial charge on any atom is 0.319 e. The second-order valence-corrected chi connectivity index (χ2v) is 15.9. The third kappa shape index (κ3) is 6.29. The Balaban J connectivity index is 0.999. The monoisotopic (exact) mass is 707 g/mol. The van der Waals surface area contributed by atoms with E-state index < -0.39 is 5.82 Å². The third-order valence-electron chi connectivity index (χ3n) is 12.6. The Morgan fingerprint density at radius 1 is 0.865 bits per heavy atom. The number of anilines is 1. The van der Waals surface area contributed by atoms with Gasteiger partial charge in [-0.25, -0.2) is 9.18 Å². The number of rotatable bonds is 7. The number of hydrogen-bond acceptors (Lipinski definition) is 8. The van der Waals surface area contributed by atoms with Gasteiger partial charge in [0.1, 0.15) is 23.7 Å². The lowest BCUT2D eigenvalue weighted by Crippen LogP contribution is -2.59. The minimum atomic E-state index is -0.473. The van der Waals surface area contributed by atoms with E-state index in [-0.39, 0.29) is 47.5 Å². The Hall–Kier alpha value is -4.22. The highest BCUT2D eigenvalue weighted by molar-refractivity contribution is 6.01. The molecule has 3 aromatic carbocycles. The topological polar surface area (TPSA) is 97.3 Å². The zero-order valence-corrected chi connectivity index (χ0v) is 30.1. The van der Waals surface area contributed by atoms with Crippen LogP contribution < -0.4 is 15.0 Å². The number of urea groups is 1. The van der Waals surface area contributed by atoms with Gasteiger partial charge in [0.2, 0.25) is 0 Å². The number of aromatic hydroxyl groups is 1. The number of carbonyl (C=O) groups excluding carboxylic acids is 1. The third-order valence-corrected chi connectivity index (χ3v) is 12.6. The van der Waals surface area contributed by atoms with E-state index in [0.717, 1.165) is 62.5 Å². The average molecular weight is 708 g/mol. The average Bonchev–Trinajstić information content (AvgIpc) is 3.87. The van der Waals surface area contributed by atoms with E-state index in [4.69, 9.17) is 14.7 Å². The number of aromatic nitrogens is 2. The van der Waals surface area contributed by atoms with Crippen molar-refractivity contribution in [1.29, 1.82) is 0 Å². The zero-order valence-electron chi connectivity index (χ0n) is 30.1. The summed E-state index contributed by atoms with van der Waals surface area (Å²) in [6.07, 6.45) is 11.6. The number of piperazine rings is 1. The maximum absolute atomic E-state index is 16.9. The molecule has 9 rings (SSSR count). The van der Waals surface area contributed by atoms with E-state index in [2.05, 4.69) is 32.0 Å². The molecular formula is C41H50FN7O3. The maximum atomic E-state index is 16.9. The summed E-state index contributed by atoms with van der Waals surface area (Å²) < 4.78 is 23.2. The number of nitrogens with zero attached hydrogens (tertiary/aromatic N) is 6. The second-order valence-electron chi connectivity index (χ2n) is 15.9. The van der Waals surface area contributed by atoms with Gasteiger partial charge in [0.25, 0.3) is 0 Å². The van der Waals surface area contributed by atoms with Gasteiger partial charge in [-0.2, -0.15) is 9.97 Å². The molecule has 4 saturated heterocycles. The number of likely N-dealkylation sites (N-methyl/N-ethyl adjacent to an activating group) is 1. The fourth-order valence-corrected chi connectivity index (χ4v) is 9.86. The molecule has 52 heavy (non-hydrogen) atoms. The number of halogens is 1. The van der Waals surface area contributed by atoms with Crippen LogP contribution in [0, 0.1) is 5.82 Å². The molecule has 2 unspecified atom stereocenters. The number of phenolic OH excluding ortho intramolecular Hbond substituents is 1. The Kier molecular flexibility index (Phi) is 9.03. The van der Waals surface area contributed by atoms with Crippen molar-refractivity contribution in [3.05, 3.63) is 54.3 Å². The molecule has 1 saturated carbocycles. The minimum Gasteiger partial charge on any atom is -0.508 e. The Morgan fingerprint density at radius 3 is 2.46 bits per heavy atom. The summed E-state index contributed by atoms with van der Waals surface area (Å²) >= 11 is 0. The SMILES string of the molecule is CN1CCCC1COc1nc(N2C[C@H]3CC[C@@H](C2)N3C(=O)NC2CCN(C3CCCCC3)C2)c2ccc(-c3cc(O)cc4ccccc34)c(F)c2n1. The van der Waals surface area contributed by atoms with E-state index in [1.165, 1.54) is 32.1 Å². The number of ether oxygens (including phenoxy) is 1. The van der Waals surface area contributed by atoms with E-state index >= 15 is 4.39 Å². The fraction of sp³-hybridized carbons (Fsp3) is 0.537. The van der Waals surface area contributed by atoms with Gasteiger partial charge in [-0.1, -0.05) is 49.6 Å². The van der Waals surface area contributed by atoms with Gasteiger partial charge in [0, 0.05) is 55.3 Å². The summed E-state index contributed by atoms with van der Waals surface area (Å²) in [4.78, 5) is 32.7. The summed E-state index contributed by atoms with van der Waals surface area (Å²) in [6.45, 7) is 4.69. The number of nitrogens with one attached hydrogen (secondary N) is 1. The molecule has 2 N–H and O–H groups in total. The van der Waals surface area contributed by atoms with Crippen molar-refractivity contribution in [3.63, 3.8) is 0 Å². The molecule has 0 spiro atoms. The highest BCUT2D eigenvalue weighted by Crippen LogP contribution is 2.40. The fourth-order valence-electron chi connectivity index (χ4n) is 9.86. The van der Waals surface area contributed by atoms with Crippen molar-refractivity contribution >= 4 is 33.5 Å². The standard InChI is InChI=1S/C41H50FN7O3/c1-46-18-7-11-31(46)25-52-40-44-38-35(16-15-34(37(38)42)36-21-32(50)20-26-8-5-6-12-33(26)36)39(45-40)48-23-29-13-14-30(24-48)49(29)41(51)43-27-17-19-47(22-27)28-9-3-2-4-10-28/h5-6,8,12,15-16,20-21,27-31,50H,2-4,7,9-11,13-14,17-19,22-25H2,1H3,(H,43,51)/t27?,29-,30+,31?. The number of likely N-dealkylation sites (tertiary alicyclic amines) is 2. The molecule has 5 fully saturated rings. The summed E-state index contributed by atoms with van der Waals surface area (Å²) in [7, 11) is 2.10. The van der Waals surface area contributed by atoms with Crippen molar-refractivity contribution in [3.8, 4) is 22.9 Å². The first kappa shape index (κ1) is 33.6. The predicted octanol–water partition coefficient (Wildman–Crippen LogP) is 6.54. The Morgan fingerprint density at radius 2 is 1.67 bits per heavy atom. The van der Waals surface area contributed by atoms with Crippen LogP contribution in [-0.4, -0.2) is 112 Å². The molecule has 11 heteroatoms. The minimum absolute atomic E-state index is 0.0406. The molecule has 0 radical (unpaired) electrons. The highest BCUT2D eigenvalue weighted by Gasteiger charge is 2.44. The summed E-state index contributed by atoms with van der Waals surface area (Å²) in [5.41, 5.74) is 1.16. The molecule has 5 aliphatic rings.